The maximum atomic E-state index is 11.5. The van der Waals surface area contributed by atoms with Gasteiger partial charge >= 0.3 is 0 Å². The van der Waals surface area contributed by atoms with E-state index in [4.69, 9.17) is 10.5 Å². The Morgan fingerprint density at radius 1 is 1.65 bits per heavy atom. The van der Waals surface area contributed by atoms with Crippen molar-refractivity contribution in [1.29, 1.82) is 0 Å². The quantitative estimate of drug-likeness (QED) is 0.737. The highest BCUT2D eigenvalue weighted by atomic mass is 79.9. The Bertz CT molecular complexity index is 510. The summed E-state index contributed by atoms with van der Waals surface area (Å²) in [6.45, 7) is 2.70. The van der Waals surface area contributed by atoms with Crippen molar-refractivity contribution in [3.8, 4) is 11.5 Å². The molecule has 6 nitrogen and oxygen atoms in total. The Balaban J connectivity index is 2.20. The van der Waals surface area contributed by atoms with E-state index < -0.39 is 0 Å². The number of nitrogens with zero attached hydrogens (tertiary/aromatic N) is 1. The smallest absolute Gasteiger partial charge is 0.236 e. The Morgan fingerprint density at radius 2 is 2.40 bits per heavy atom. The summed E-state index contributed by atoms with van der Waals surface area (Å²) in [5, 5.41) is 13.0. The molecule has 2 rings (SSSR count). The highest BCUT2D eigenvalue weighted by Crippen LogP contribution is 2.35. The molecule has 0 saturated carbocycles. The second kappa shape index (κ2) is 6.43. The molecule has 0 bridgehead atoms. The number of amides is 1. The fourth-order valence-corrected chi connectivity index (χ4v) is 2.81. The van der Waals surface area contributed by atoms with Crippen molar-refractivity contribution >= 4 is 21.8 Å². The second-order valence-electron chi connectivity index (χ2n) is 4.72. The van der Waals surface area contributed by atoms with Crippen LogP contribution in [0.1, 0.15) is 5.56 Å². The summed E-state index contributed by atoms with van der Waals surface area (Å²) in [5.41, 5.74) is 6.37. The van der Waals surface area contributed by atoms with Crippen LogP contribution in [-0.2, 0) is 11.3 Å². The van der Waals surface area contributed by atoms with Crippen LogP contribution < -0.4 is 15.8 Å². The normalized spacial score (nSPS) is 19.8. The highest BCUT2D eigenvalue weighted by Gasteiger charge is 2.27. The predicted molar refractivity (Wildman–Crippen MR) is 78.6 cm³/mol. The van der Waals surface area contributed by atoms with Gasteiger partial charge in [-0.1, -0.05) is 0 Å². The molecule has 1 amide bonds. The zero-order valence-electron chi connectivity index (χ0n) is 11.2. The number of carbonyl (C=O) groups excluding carboxylic acids is 1. The minimum absolute atomic E-state index is 0.0722. The van der Waals surface area contributed by atoms with Gasteiger partial charge in [0.25, 0.3) is 0 Å². The van der Waals surface area contributed by atoms with E-state index in [1.54, 1.807) is 6.07 Å². The Hall–Kier alpha value is -1.31. The van der Waals surface area contributed by atoms with Gasteiger partial charge in [0, 0.05) is 26.2 Å². The van der Waals surface area contributed by atoms with Gasteiger partial charge in [0.1, 0.15) is 6.04 Å². The summed E-state index contributed by atoms with van der Waals surface area (Å²) in [5.74, 6) is 0.144. The number of methoxy groups -OCH3 is 1. The van der Waals surface area contributed by atoms with Gasteiger partial charge in [-0.25, -0.2) is 0 Å². The van der Waals surface area contributed by atoms with Crippen LogP contribution in [0.5, 0.6) is 11.5 Å². The molecule has 1 unspecified atom stereocenters. The topological polar surface area (TPSA) is 87.8 Å². The molecule has 1 heterocycles. The monoisotopic (exact) mass is 343 g/mol. The van der Waals surface area contributed by atoms with Crippen molar-refractivity contribution in [3.05, 3.63) is 22.2 Å². The van der Waals surface area contributed by atoms with E-state index >= 15 is 0 Å². The summed E-state index contributed by atoms with van der Waals surface area (Å²) in [6.07, 6.45) is 0. The maximum Gasteiger partial charge on any atom is 0.236 e. The van der Waals surface area contributed by atoms with E-state index in [2.05, 4.69) is 21.2 Å². The fourth-order valence-electron chi connectivity index (χ4n) is 2.32. The van der Waals surface area contributed by atoms with Gasteiger partial charge in [-0.15, -0.1) is 0 Å². The van der Waals surface area contributed by atoms with Gasteiger partial charge in [0.05, 0.1) is 11.6 Å². The average Bonchev–Trinajstić information content (AvgIpc) is 2.43. The Morgan fingerprint density at radius 3 is 3.05 bits per heavy atom. The first kappa shape index (κ1) is 15.1. The molecule has 110 valence electrons. The van der Waals surface area contributed by atoms with Crippen LogP contribution in [-0.4, -0.2) is 48.7 Å². The number of rotatable bonds is 4. The summed E-state index contributed by atoms with van der Waals surface area (Å²) >= 11 is 3.29. The van der Waals surface area contributed by atoms with Gasteiger partial charge in [-0.3, -0.25) is 9.69 Å². The number of ether oxygens (including phenoxy) is 1. The molecule has 1 aromatic rings. The Labute approximate surface area is 126 Å². The number of carbonyl (C=O) groups is 1. The van der Waals surface area contributed by atoms with Crippen molar-refractivity contribution in [3.63, 3.8) is 0 Å². The first-order chi connectivity index (χ1) is 9.52. The number of hydrogen-bond donors (Lipinski definition) is 3. The van der Waals surface area contributed by atoms with E-state index in [1.807, 2.05) is 11.0 Å². The van der Waals surface area contributed by atoms with E-state index in [0.717, 1.165) is 18.7 Å². The Kier molecular flexibility index (Phi) is 4.85. The maximum absolute atomic E-state index is 11.5. The van der Waals surface area contributed by atoms with Crippen molar-refractivity contribution in [2.75, 3.05) is 26.7 Å². The highest BCUT2D eigenvalue weighted by molar-refractivity contribution is 9.10. The molecular weight excluding hydrogens is 326 g/mol. The van der Waals surface area contributed by atoms with E-state index in [0.29, 0.717) is 23.3 Å². The number of phenols is 1. The molecule has 1 aliphatic heterocycles. The molecule has 0 aromatic heterocycles. The number of nitrogens with two attached hydrogens (primary N) is 1. The molecule has 1 aliphatic rings. The lowest BCUT2D eigenvalue weighted by Crippen LogP contribution is -2.56. The third-order valence-corrected chi connectivity index (χ3v) is 3.98. The standard InChI is InChI=1S/C13H18BrN3O3/c1-20-11-5-8(4-9(14)12(11)18)7-17-3-2-16-6-10(17)13(15)19/h4-5,10,16,18H,2-3,6-7H2,1H3,(H2,15,19). The number of hydrogen-bond acceptors (Lipinski definition) is 5. The van der Waals surface area contributed by atoms with Crippen LogP contribution in [0, 0.1) is 0 Å². The first-order valence-corrected chi connectivity index (χ1v) is 7.11. The van der Waals surface area contributed by atoms with Gasteiger partial charge < -0.3 is 20.9 Å². The lowest BCUT2D eigenvalue weighted by Gasteiger charge is -2.34. The molecule has 0 aliphatic carbocycles. The number of primary amides is 1. The van der Waals surface area contributed by atoms with E-state index in [1.165, 1.54) is 7.11 Å². The van der Waals surface area contributed by atoms with Crippen LogP contribution in [0.25, 0.3) is 0 Å². The molecule has 1 atom stereocenters. The molecular formula is C13H18BrN3O3. The number of aromatic hydroxyl groups is 1. The third kappa shape index (κ3) is 3.23. The zero-order chi connectivity index (χ0) is 14.7. The summed E-state index contributed by atoms with van der Waals surface area (Å²) in [4.78, 5) is 13.5. The number of nitrogens with one attached hydrogen (secondary N) is 1. The molecule has 1 aromatic carbocycles. The third-order valence-electron chi connectivity index (χ3n) is 3.38. The number of piperazine rings is 1. The van der Waals surface area contributed by atoms with Gasteiger partial charge in [-0.2, -0.15) is 0 Å². The van der Waals surface area contributed by atoms with Crippen LogP contribution in [0.2, 0.25) is 0 Å². The first-order valence-electron chi connectivity index (χ1n) is 6.32. The lowest BCUT2D eigenvalue weighted by molar-refractivity contribution is -0.124. The van der Waals surface area contributed by atoms with Gasteiger partial charge in [0.2, 0.25) is 5.91 Å². The number of phenolic OH excluding ortho intramolecular Hbond substituents is 1. The largest absolute Gasteiger partial charge is 0.503 e. The van der Waals surface area contributed by atoms with Crippen molar-refractivity contribution in [1.82, 2.24) is 10.2 Å². The number of halogens is 1. The minimum Gasteiger partial charge on any atom is -0.503 e. The van der Waals surface area contributed by atoms with E-state index in [9.17, 15) is 9.90 Å². The molecule has 0 radical (unpaired) electrons. The van der Waals surface area contributed by atoms with Crippen molar-refractivity contribution < 1.29 is 14.6 Å². The van der Waals surface area contributed by atoms with Crippen LogP contribution >= 0.6 is 15.9 Å². The van der Waals surface area contributed by atoms with Crippen LogP contribution in [0.4, 0.5) is 0 Å². The zero-order valence-corrected chi connectivity index (χ0v) is 12.8. The molecule has 4 N–H and O–H groups in total. The molecule has 0 spiro atoms. The van der Waals surface area contributed by atoms with Crippen LogP contribution in [0.15, 0.2) is 16.6 Å². The van der Waals surface area contributed by atoms with E-state index in [-0.39, 0.29) is 17.7 Å². The van der Waals surface area contributed by atoms with Gasteiger partial charge in [0.15, 0.2) is 11.5 Å². The summed E-state index contributed by atoms with van der Waals surface area (Å²) < 4.78 is 5.69. The van der Waals surface area contributed by atoms with Crippen molar-refractivity contribution in [2.24, 2.45) is 5.73 Å². The lowest BCUT2D eigenvalue weighted by atomic mass is 10.1. The van der Waals surface area contributed by atoms with Crippen molar-refractivity contribution in [2.45, 2.75) is 12.6 Å². The molecule has 7 heteroatoms. The molecule has 20 heavy (non-hydrogen) atoms. The summed E-state index contributed by atoms with van der Waals surface area (Å²) in [7, 11) is 1.50. The molecule has 1 saturated heterocycles. The predicted octanol–water partition coefficient (Wildman–Crippen LogP) is 0.422. The molecule has 1 fully saturated rings. The van der Waals surface area contributed by atoms with Gasteiger partial charge in [-0.05, 0) is 33.6 Å². The summed E-state index contributed by atoms with van der Waals surface area (Å²) in [6, 6.07) is 3.26. The SMILES string of the molecule is COc1cc(CN2CCNCC2C(N)=O)cc(Br)c1O. The second-order valence-corrected chi connectivity index (χ2v) is 5.58. The fraction of sp³-hybridized carbons (Fsp3) is 0.462. The number of benzene rings is 1. The minimum atomic E-state index is -0.331. The average molecular weight is 344 g/mol. The van der Waals surface area contributed by atoms with Crippen LogP contribution in [0.3, 0.4) is 0 Å².